The van der Waals surface area contributed by atoms with Gasteiger partial charge >= 0.3 is 5.97 Å². The number of hydrogen-bond donors (Lipinski definition) is 2. The van der Waals surface area contributed by atoms with E-state index in [-0.39, 0.29) is 15.5 Å². The van der Waals surface area contributed by atoms with Gasteiger partial charge in [0.15, 0.2) is 0 Å². The van der Waals surface area contributed by atoms with Crippen LogP contribution in [0.2, 0.25) is 5.02 Å². The lowest BCUT2D eigenvalue weighted by Gasteiger charge is -2.23. The van der Waals surface area contributed by atoms with Crippen molar-refractivity contribution in [3.05, 3.63) is 88.9 Å². The number of aromatic carboxylic acids is 1. The summed E-state index contributed by atoms with van der Waals surface area (Å²) in [5, 5.41) is 9.60. The number of carbonyl (C=O) groups is 1. The zero-order valence-corrected chi connectivity index (χ0v) is 17.1. The zero-order valence-electron chi connectivity index (χ0n) is 15.5. The Hall–Kier alpha value is -3.03. The first-order chi connectivity index (χ1) is 13.8. The molecule has 0 aliphatic heterocycles. The van der Waals surface area contributed by atoms with Crippen LogP contribution < -0.4 is 9.62 Å². The van der Waals surface area contributed by atoms with E-state index >= 15 is 0 Å². The fourth-order valence-corrected chi connectivity index (χ4v) is 4.50. The minimum absolute atomic E-state index is 0.0617. The summed E-state index contributed by atoms with van der Waals surface area (Å²) in [5.41, 5.74) is 1.50. The van der Waals surface area contributed by atoms with Crippen molar-refractivity contribution in [1.29, 1.82) is 0 Å². The van der Waals surface area contributed by atoms with Gasteiger partial charge in [0, 0.05) is 19.3 Å². The van der Waals surface area contributed by atoms with Crippen LogP contribution in [0.25, 0.3) is 0 Å². The summed E-state index contributed by atoms with van der Waals surface area (Å²) in [6.07, 6.45) is 0. The number of benzene rings is 3. The molecule has 0 aliphatic rings. The summed E-state index contributed by atoms with van der Waals surface area (Å²) in [5.74, 6) is -1.24. The molecule has 0 bridgehead atoms. The molecule has 3 aromatic rings. The van der Waals surface area contributed by atoms with Gasteiger partial charge in [-0.05, 0) is 29.8 Å². The molecule has 0 amide bonds. The molecule has 0 spiro atoms. The van der Waals surface area contributed by atoms with E-state index in [1.165, 1.54) is 6.07 Å². The SMILES string of the molecule is CN(Cc1ccccc1)c1cc(Cl)c(S(=O)(=O)Nc2ccccc2)cc1C(=O)O. The Morgan fingerprint density at radius 3 is 2.21 bits per heavy atom. The summed E-state index contributed by atoms with van der Waals surface area (Å²) in [6.45, 7) is 0.436. The van der Waals surface area contributed by atoms with Gasteiger partial charge in [0.1, 0.15) is 4.90 Å². The molecule has 0 saturated carbocycles. The van der Waals surface area contributed by atoms with Gasteiger partial charge in [0.2, 0.25) is 0 Å². The first-order valence-electron chi connectivity index (χ1n) is 8.67. The van der Waals surface area contributed by atoms with Crippen molar-refractivity contribution in [3.8, 4) is 0 Å². The van der Waals surface area contributed by atoms with Crippen molar-refractivity contribution in [2.45, 2.75) is 11.4 Å². The van der Waals surface area contributed by atoms with Crippen molar-refractivity contribution < 1.29 is 18.3 Å². The molecule has 0 fully saturated rings. The van der Waals surface area contributed by atoms with Crippen LogP contribution in [0, 0.1) is 0 Å². The van der Waals surface area contributed by atoms with Crippen LogP contribution in [0.4, 0.5) is 11.4 Å². The number of anilines is 2. The highest BCUT2D eigenvalue weighted by molar-refractivity contribution is 7.92. The van der Waals surface area contributed by atoms with Gasteiger partial charge in [0.25, 0.3) is 10.0 Å². The molecule has 0 atom stereocenters. The minimum atomic E-state index is -4.07. The number of carboxylic acid groups (broad SMARTS) is 1. The second-order valence-electron chi connectivity index (χ2n) is 6.42. The quantitative estimate of drug-likeness (QED) is 0.577. The fourth-order valence-electron chi connectivity index (χ4n) is 2.89. The Balaban J connectivity index is 1.99. The Bertz CT molecular complexity index is 1120. The first-order valence-corrected chi connectivity index (χ1v) is 10.5. The molecule has 0 heterocycles. The van der Waals surface area contributed by atoms with E-state index in [4.69, 9.17) is 11.6 Å². The summed E-state index contributed by atoms with van der Waals surface area (Å²) in [7, 11) is -2.34. The molecular formula is C21H19ClN2O4S. The Morgan fingerprint density at radius 2 is 1.62 bits per heavy atom. The predicted molar refractivity (Wildman–Crippen MR) is 114 cm³/mol. The molecule has 3 rings (SSSR count). The van der Waals surface area contributed by atoms with Crippen LogP contribution >= 0.6 is 11.6 Å². The van der Waals surface area contributed by atoms with Gasteiger partial charge in [-0.3, -0.25) is 4.72 Å². The molecular weight excluding hydrogens is 412 g/mol. The van der Waals surface area contributed by atoms with Crippen molar-refractivity contribution in [1.82, 2.24) is 0 Å². The minimum Gasteiger partial charge on any atom is -0.478 e. The largest absolute Gasteiger partial charge is 0.478 e. The second-order valence-corrected chi connectivity index (χ2v) is 8.48. The highest BCUT2D eigenvalue weighted by Crippen LogP contribution is 2.32. The molecule has 2 N–H and O–H groups in total. The van der Waals surface area contributed by atoms with E-state index in [2.05, 4.69) is 4.72 Å². The van der Waals surface area contributed by atoms with E-state index in [1.54, 1.807) is 42.3 Å². The smallest absolute Gasteiger partial charge is 0.337 e. The van der Waals surface area contributed by atoms with E-state index in [0.29, 0.717) is 17.9 Å². The highest BCUT2D eigenvalue weighted by atomic mass is 35.5. The van der Waals surface area contributed by atoms with Crippen molar-refractivity contribution >= 4 is 39.0 Å². The molecule has 3 aromatic carbocycles. The van der Waals surface area contributed by atoms with E-state index in [9.17, 15) is 18.3 Å². The van der Waals surface area contributed by atoms with Crippen LogP contribution in [0.3, 0.4) is 0 Å². The summed E-state index contributed by atoms with van der Waals surface area (Å²) in [6, 6.07) is 20.3. The average molecular weight is 431 g/mol. The topological polar surface area (TPSA) is 86.7 Å². The molecule has 29 heavy (non-hydrogen) atoms. The highest BCUT2D eigenvalue weighted by Gasteiger charge is 2.24. The molecule has 0 saturated heterocycles. The number of sulfonamides is 1. The van der Waals surface area contributed by atoms with Crippen LogP contribution in [0.1, 0.15) is 15.9 Å². The van der Waals surface area contributed by atoms with Gasteiger partial charge in [0.05, 0.1) is 16.3 Å². The third-order valence-corrected chi connectivity index (χ3v) is 6.12. The maximum atomic E-state index is 12.8. The molecule has 0 radical (unpaired) electrons. The van der Waals surface area contributed by atoms with Crippen molar-refractivity contribution in [3.63, 3.8) is 0 Å². The number of nitrogens with one attached hydrogen (secondary N) is 1. The Labute approximate surface area is 174 Å². The van der Waals surface area contributed by atoms with Crippen LogP contribution in [0.5, 0.6) is 0 Å². The maximum Gasteiger partial charge on any atom is 0.337 e. The number of nitrogens with zero attached hydrogens (tertiary/aromatic N) is 1. The predicted octanol–water partition coefficient (Wildman–Crippen LogP) is 4.48. The molecule has 0 unspecified atom stereocenters. The summed E-state index contributed by atoms with van der Waals surface area (Å²) < 4.78 is 27.9. The lowest BCUT2D eigenvalue weighted by Crippen LogP contribution is -2.21. The summed E-state index contributed by atoms with van der Waals surface area (Å²) in [4.78, 5) is 13.3. The van der Waals surface area contributed by atoms with Crippen LogP contribution in [-0.2, 0) is 16.6 Å². The second kappa shape index (κ2) is 8.55. The van der Waals surface area contributed by atoms with E-state index in [1.807, 2.05) is 30.3 Å². The van der Waals surface area contributed by atoms with Crippen molar-refractivity contribution in [2.75, 3.05) is 16.7 Å². The number of carboxylic acids is 1. The van der Waals surface area contributed by atoms with Crippen LogP contribution in [-0.4, -0.2) is 26.5 Å². The third-order valence-electron chi connectivity index (χ3n) is 4.27. The first kappa shape index (κ1) is 20.7. The number of hydrogen-bond acceptors (Lipinski definition) is 4. The Morgan fingerprint density at radius 1 is 1.03 bits per heavy atom. The lowest BCUT2D eigenvalue weighted by molar-refractivity contribution is 0.0697. The summed E-state index contributed by atoms with van der Waals surface area (Å²) >= 11 is 6.27. The third kappa shape index (κ3) is 4.88. The van der Waals surface area contributed by atoms with E-state index in [0.717, 1.165) is 11.6 Å². The standard InChI is InChI=1S/C21H19ClN2O4S/c1-24(14-15-8-4-2-5-9-15)19-13-18(22)20(12-17(19)21(25)26)29(27,28)23-16-10-6-3-7-11-16/h2-13,23H,14H2,1H3,(H,25,26). The van der Waals surface area contributed by atoms with Gasteiger partial charge < -0.3 is 10.0 Å². The van der Waals surface area contributed by atoms with Crippen molar-refractivity contribution in [2.24, 2.45) is 0 Å². The van der Waals surface area contributed by atoms with Gasteiger partial charge in [-0.1, -0.05) is 60.1 Å². The average Bonchev–Trinajstić information content (AvgIpc) is 2.68. The molecule has 6 nitrogen and oxygen atoms in total. The normalized spacial score (nSPS) is 11.1. The van der Waals surface area contributed by atoms with Gasteiger partial charge in [-0.25, -0.2) is 13.2 Å². The number of halogens is 1. The maximum absolute atomic E-state index is 12.8. The fraction of sp³-hybridized carbons (Fsp3) is 0.0952. The molecule has 150 valence electrons. The van der Waals surface area contributed by atoms with Gasteiger partial charge in [-0.2, -0.15) is 0 Å². The zero-order chi connectivity index (χ0) is 21.0. The van der Waals surface area contributed by atoms with E-state index < -0.39 is 16.0 Å². The van der Waals surface area contributed by atoms with Crippen LogP contribution in [0.15, 0.2) is 77.7 Å². The number of rotatable bonds is 7. The molecule has 0 aromatic heterocycles. The number of para-hydroxylation sites is 1. The molecule has 8 heteroatoms. The molecule has 0 aliphatic carbocycles. The lowest BCUT2D eigenvalue weighted by atomic mass is 10.1. The monoisotopic (exact) mass is 430 g/mol. The Kier molecular flexibility index (Phi) is 6.10. The van der Waals surface area contributed by atoms with Gasteiger partial charge in [-0.15, -0.1) is 0 Å².